The van der Waals surface area contributed by atoms with E-state index in [4.69, 9.17) is 5.73 Å². The molecule has 1 saturated heterocycles. The summed E-state index contributed by atoms with van der Waals surface area (Å²) in [7, 11) is 0. The lowest BCUT2D eigenvalue weighted by atomic mass is 9.67. The highest BCUT2D eigenvalue weighted by Crippen LogP contribution is 2.40. The van der Waals surface area contributed by atoms with Crippen LogP contribution < -0.4 is 11.1 Å². The van der Waals surface area contributed by atoms with Crippen LogP contribution in [0.4, 0.5) is 0 Å². The number of likely N-dealkylation sites (tertiary alicyclic amines) is 1. The molecule has 3 unspecified atom stereocenters. The van der Waals surface area contributed by atoms with Crippen molar-refractivity contribution in [3.63, 3.8) is 0 Å². The van der Waals surface area contributed by atoms with Gasteiger partial charge in [0, 0.05) is 25.0 Å². The van der Waals surface area contributed by atoms with Crippen molar-refractivity contribution < 1.29 is 9.59 Å². The molecule has 4 rings (SSSR count). The number of nitrogens with zero attached hydrogens (tertiary/aromatic N) is 1. The van der Waals surface area contributed by atoms with Crippen molar-refractivity contribution in [3.05, 3.63) is 35.9 Å². The minimum Gasteiger partial charge on any atom is -0.351 e. The average Bonchev–Trinajstić information content (AvgIpc) is 2.65. The van der Waals surface area contributed by atoms with E-state index in [2.05, 4.69) is 5.32 Å². The standard InChI is InChI=1S/C22H31N3O2.ClH/c23-18-13-16-9-6-10-17(14-18)20(16)24-22(27)21(15-7-2-1-3-8-15)25-12-5-4-11-19(25)26;/h1-3,7-8,16-18,20-21H,4-6,9-14,23H2,(H,24,27);1H. The predicted molar refractivity (Wildman–Crippen MR) is 112 cm³/mol. The SMILES string of the molecule is Cl.NC1CC2CCCC(C1)C2NC(=O)C(c1ccccc1)N1CCCCC1=O. The summed E-state index contributed by atoms with van der Waals surface area (Å²) < 4.78 is 0. The highest BCUT2D eigenvalue weighted by Gasteiger charge is 2.42. The summed E-state index contributed by atoms with van der Waals surface area (Å²) in [5.41, 5.74) is 7.14. The van der Waals surface area contributed by atoms with Crippen LogP contribution in [0.2, 0.25) is 0 Å². The Morgan fingerprint density at radius 3 is 2.39 bits per heavy atom. The molecule has 2 aliphatic carbocycles. The van der Waals surface area contributed by atoms with Gasteiger partial charge in [0.05, 0.1) is 0 Å². The zero-order chi connectivity index (χ0) is 18.8. The van der Waals surface area contributed by atoms with E-state index < -0.39 is 6.04 Å². The van der Waals surface area contributed by atoms with Gasteiger partial charge in [-0.05, 0) is 55.9 Å². The fourth-order valence-corrected chi connectivity index (χ4v) is 5.48. The van der Waals surface area contributed by atoms with Crippen LogP contribution in [0.15, 0.2) is 30.3 Å². The van der Waals surface area contributed by atoms with Gasteiger partial charge in [-0.2, -0.15) is 0 Å². The number of hydrogen-bond acceptors (Lipinski definition) is 3. The van der Waals surface area contributed by atoms with E-state index in [1.165, 1.54) is 6.42 Å². The van der Waals surface area contributed by atoms with Crippen molar-refractivity contribution in [1.29, 1.82) is 0 Å². The first-order chi connectivity index (χ1) is 13.1. The third-order valence-corrected chi connectivity index (χ3v) is 6.72. The average molecular weight is 406 g/mol. The zero-order valence-corrected chi connectivity index (χ0v) is 17.2. The number of carbonyl (C=O) groups excluding carboxylic acids is 2. The molecule has 154 valence electrons. The van der Waals surface area contributed by atoms with E-state index in [0.29, 0.717) is 24.8 Å². The van der Waals surface area contributed by atoms with Crippen LogP contribution in [0.25, 0.3) is 0 Å². The first-order valence-corrected chi connectivity index (χ1v) is 10.5. The summed E-state index contributed by atoms with van der Waals surface area (Å²) in [6.07, 6.45) is 7.96. The highest BCUT2D eigenvalue weighted by molar-refractivity contribution is 5.89. The van der Waals surface area contributed by atoms with Crippen LogP contribution >= 0.6 is 12.4 Å². The minimum absolute atomic E-state index is 0. The summed E-state index contributed by atoms with van der Waals surface area (Å²) in [6, 6.07) is 9.71. The van der Waals surface area contributed by atoms with Gasteiger partial charge in [-0.1, -0.05) is 36.8 Å². The maximum Gasteiger partial charge on any atom is 0.247 e. The summed E-state index contributed by atoms with van der Waals surface area (Å²) in [5.74, 6) is 1.03. The molecule has 1 heterocycles. The second kappa shape index (κ2) is 9.27. The quantitative estimate of drug-likeness (QED) is 0.807. The fraction of sp³-hybridized carbons (Fsp3) is 0.636. The molecule has 3 fully saturated rings. The Hall–Kier alpha value is -1.59. The molecular formula is C22H32ClN3O2. The predicted octanol–water partition coefficient (Wildman–Crippen LogP) is 3.18. The van der Waals surface area contributed by atoms with Gasteiger partial charge >= 0.3 is 0 Å². The third kappa shape index (κ3) is 4.36. The smallest absolute Gasteiger partial charge is 0.247 e. The van der Waals surface area contributed by atoms with Gasteiger partial charge in [0.2, 0.25) is 11.8 Å². The summed E-state index contributed by atoms with van der Waals surface area (Å²) in [5, 5.41) is 3.37. The molecule has 3 aliphatic rings. The van der Waals surface area contributed by atoms with Crippen LogP contribution in [0.3, 0.4) is 0 Å². The second-order valence-electron chi connectivity index (χ2n) is 8.57. The van der Waals surface area contributed by atoms with Gasteiger partial charge in [0.15, 0.2) is 0 Å². The summed E-state index contributed by atoms with van der Waals surface area (Å²) >= 11 is 0. The third-order valence-electron chi connectivity index (χ3n) is 6.72. The Morgan fingerprint density at radius 1 is 1.07 bits per heavy atom. The summed E-state index contributed by atoms with van der Waals surface area (Å²) in [4.78, 5) is 27.8. The largest absolute Gasteiger partial charge is 0.351 e. The van der Waals surface area contributed by atoms with Crippen molar-refractivity contribution >= 4 is 24.2 Å². The van der Waals surface area contributed by atoms with Crippen LogP contribution in [0, 0.1) is 11.8 Å². The number of halogens is 1. The lowest BCUT2D eigenvalue weighted by Crippen LogP contribution is -2.56. The van der Waals surface area contributed by atoms with Crippen molar-refractivity contribution in [2.75, 3.05) is 6.54 Å². The van der Waals surface area contributed by atoms with Gasteiger partial charge in [-0.15, -0.1) is 12.4 Å². The Kier molecular flexibility index (Phi) is 7.00. The number of carbonyl (C=O) groups is 2. The number of nitrogens with one attached hydrogen (secondary N) is 1. The molecule has 0 spiro atoms. The molecular weight excluding hydrogens is 374 g/mol. The zero-order valence-electron chi connectivity index (χ0n) is 16.4. The number of nitrogens with two attached hydrogens (primary N) is 1. The molecule has 0 radical (unpaired) electrons. The molecule has 5 nitrogen and oxygen atoms in total. The van der Waals surface area contributed by atoms with Crippen LogP contribution in [-0.4, -0.2) is 35.3 Å². The molecule has 1 aromatic carbocycles. The van der Waals surface area contributed by atoms with Crippen molar-refractivity contribution in [1.82, 2.24) is 10.2 Å². The Bertz CT molecular complexity index is 670. The summed E-state index contributed by atoms with van der Waals surface area (Å²) in [6.45, 7) is 0.661. The Morgan fingerprint density at radius 2 is 1.75 bits per heavy atom. The van der Waals surface area contributed by atoms with E-state index in [9.17, 15) is 9.59 Å². The van der Waals surface area contributed by atoms with Gasteiger partial charge < -0.3 is 16.0 Å². The molecule has 2 bridgehead atoms. The second-order valence-corrected chi connectivity index (χ2v) is 8.57. The number of amides is 2. The molecule has 3 atom stereocenters. The first-order valence-electron chi connectivity index (χ1n) is 10.5. The normalized spacial score (nSPS) is 30.9. The lowest BCUT2D eigenvalue weighted by Gasteiger charge is -2.46. The van der Waals surface area contributed by atoms with Gasteiger partial charge in [0.1, 0.15) is 6.04 Å². The molecule has 28 heavy (non-hydrogen) atoms. The molecule has 6 heteroatoms. The number of piperidine rings is 1. The van der Waals surface area contributed by atoms with Crippen molar-refractivity contribution in [2.45, 2.75) is 69.5 Å². The van der Waals surface area contributed by atoms with E-state index in [1.807, 2.05) is 30.3 Å². The number of rotatable bonds is 4. The topological polar surface area (TPSA) is 75.4 Å². The number of hydrogen-bond donors (Lipinski definition) is 2. The van der Waals surface area contributed by atoms with Crippen molar-refractivity contribution in [3.8, 4) is 0 Å². The fourth-order valence-electron chi connectivity index (χ4n) is 5.48. The van der Waals surface area contributed by atoms with Crippen molar-refractivity contribution in [2.24, 2.45) is 17.6 Å². The van der Waals surface area contributed by atoms with Gasteiger partial charge in [0.25, 0.3) is 0 Å². The molecule has 2 saturated carbocycles. The van der Waals surface area contributed by atoms with E-state index in [1.54, 1.807) is 4.90 Å². The molecule has 1 aromatic rings. The maximum atomic E-state index is 13.4. The van der Waals surface area contributed by atoms with Gasteiger partial charge in [-0.25, -0.2) is 0 Å². The molecule has 3 N–H and O–H groups in total. The lowest BCUT2D eigenvalue weighted by molar-refractivity contribution is -0.143. The van der Waals surface area contributed by atoms with E-state index in [-0.39, 0.29) is 36.3 Å². The molecule has 1 aliphatic heterocycles. The van der Waals surface area contributed by atoms with Crippen LogP contribution in [-0.2, 0) is 9.59 Å². The maximum absolute atomic E-state index is 13.4. The molecule has 2 amide bonds. The van der Waals surface area contributed by atoms with E-state index in [0.717, 1.165) is 44.1 Å². The van der Waals surface area contributed by atoms with Gasteiger partial charge in [-0.3, -0.25) is 9.59 Å². The van der Waals surface area contributed by atoms with Crippen LogP contribution in [0.5, 0.6) is 0 Å². The minimum atomic E-state index is -0.518. The Balaban J connectivity index is 0.00000225. The van der Waals surface area contributed by atoms with Crippen LogP contribution in [0.1, 0.15) is 63.0 Å². The number of fused-ring (bicyclic) bond motifs is 2. The highest BCUT2D eigenvalue weighted by atomic mass is 35.5. The monoisotopic (exact) mass is 405 g/mol. The van der Waals surface area contributed by atoms with E-state index >= 15 is 0 Å². The Labute approximate surface area is 173 Å². The first kappa shape index (κ1) is 21.1. The number of benzene rings is 1. The molecule has 0 aromatic heterocycles.